The number of aromatic nitrogens is 2. The van der Waals surface area contributed by atoms with E-state index in [1.165, 1.54) is 0 Å². The van der Waals surface area contributed by atoms with Crippen molar-refractivity contribution in [3.63, 3.8) is 0 Å². The summed E-state index contributed by atoms with van der Waals surface area (Å²) in [4.78, 5) is 4.75. The van der Waals surface area contributed by atoms with Gasteiger partial charge in [-0.25, -0.2) is 4.98 Å². The highest BCUT2D eigenvalue weighted by Gasteiger charge is 2.18. The quantitative estimate of drug-likeness (QED) is 0.795. The highest BCUT2D eigenvalue weighted by Crippen LogP contribution is 2.26. The molecule has 0 spiro atoms. The molecule has 0 fully saturated rings. The van der Waals surface area contributed by atoms with Crippen LogP contribution in [0.1, 0.15) is 37.0 Å². The van der Waals surface area contributed by atoms with Crippen LogP contribution in [-0.4, -0.2) is 14.7 Å². The summed E-state index contributed by atoms with van der Waals surface area (Å²) < 4.78 is 2.17. The van der Waals surface area contributed by atoms with Gasteiger partial charge in [-0.3, -0.25) is 0 Å². The molecule has 0 unspecified atom stereocenters. The molecule has 0 saturated carbocycles. The minimum atomic E-state index is 0.0681. The summed E-state index contributed by atoms with van der Waals surface area (Å²) in [6, 6.07) is 8.18. The third-order valence-electron chi connectivity index (χ3n) is 3.67. The number of para-hydroxylation sites is 1. The third kappa shape index (κ3) is 2.74. The first kappa shape index (κ1) is 14.3. The predicted octanol–water partition coefficient (Wildman–Crippen LogP) is 3.94. The van der Waals surface area contributed by atoms with Crippen LogP contribution in [0.2, 0.25) is 0 Å². The molecule has 110 valence electrons. The molecule has 3 nitrogen and oxygen atoms in total. The molecule has 0 atom stereocenters. The largest absolute Gasteiger partial charge is 0.392 e. The Hall–Kier alpha value is -1.65. The number of rotatable bonds is 3. The van der Waals surface area contributed by atoms with Crippen molar-refractivity contribution in [3.8, 4) is 0 Å². The summed E-state index contributed by atoms with van der Waals surface area (Å²) in [6.07, 6.45) is 2.03. The molecule has 2 aromatic heterocycles. The molecule has 0 aliphatic carbocycles. The van der Waals surface area contributed by atoms with Gasteiger partial charge in [0.25, 0.3) is 0 Å². The maximum Gasteiger partial charge on any atom is 0.113 e. The predicted molar refractivity (Wildman–Crippen MR) is 87.8 cm³/mol. The van der Waals surface area contributed by atoms with Crippen LogP contribution in [0.4, 0.5) is 0 Å². The van der Waals surface area contributed by atoms with Gasteiger partial charge in [-0.05, 0) is 6.07 Å². The van der Waals surface area contributed by atoms with Crippen LogP contribution in [0.15, 0.2) is 35.8 Å². The van der Waals surface area contributed by atoms with Gasteiger partial charge in [0, 0.05) is 33.5 Å². The summed E-state index contributed by atoms with van der Waals surface area (Å²) in [5, 5.41) is 13.9. The van der Waals surface area contributed by atoms with E-state index in [-0.39, 0.29) is 12.0 Å². The second kappa shape index (κ2) is 5.28. The molecule has 0 amide bonds. The molecule has 0 saturated heterocycles. The molecule has 0 radical (unpaired) electrons. The van der Waals surface area contributed by atoms with Crippen LogP contribution in [0.3, 0.4) is 0 Å². The Kier molecular flexibility index (Phi) is 3.59. The first-order valence-corrected chi connectivity index (χ1v) is 7.99. The molecule has 3 aromatic rings. The number of hydrogen-bond donors (Lipinski definition) is 1. The van der Waals surface area contributed by atoms with Gasteiger partial charge < -0.3 is 9.67 Å². The summed E-state index contributed by atoms with van der Waals surface area (Å²) in [6.45, 7) is 7.36. The standard InChI is InChI=1S/C17H20N2OS/c1-17(2,3)15-11-21-16(18-15)9-19-8-12(10-20)13-6-4-5-7-14(13)19/h4-8,11,20H,9-10H2,1-3H3. The van der Waals surface area contributed by atoms with Gasteiger partial charge in [-0.2, -0.15) is 0 Å². The molecular weight excluding hydrogens is 280 g/mol. The second-order valence-electron chi connectivity index (χ2n) is 6.33. The Bertz CT molecular complexity index is 765. The molecule has 21 heavy (non-hydrogen) atoms. The first-order valence-electron chi connectivity index (χ1n) is 7.11. The summed E-state index contributed by atoms with van der Waals surface area (Å²) in [5.74, 6) is 0. The van der Waals surface area contributed by atoms with Crippen LogP contribution >= 0.6 is 11.3 Å². The van der Waals surface area contributed by atoms with E-state index in [1.807, 2.05) is 18.3 Å². The van der Waals surface area contributed by atoms with Crippen molar-refractivity contribution < 1.29 is 5.11 Å². The lowest BCUT2D eigenvalue weighted by Crippen LogP contribution is -2.11. The number of thiazole rings is 1. The zero-order chi connectivity index (χ0) is 15.0. The second-order valence-corrected chi connectivity index (χ2v) is 7.28. The van der Waals surface area contributed by atoms with Crippen molar-refractivity contribution in [2.45, 2.75) is 39.3 Å². The van der Waals surface area contributed by atoms with Crippen LogP contribution in [0.25, 0.3) is 10.9 Å². The number of hydrogen-bond acceptors (Lipinski definition) is 3. The zero-order valence-electron chi connectivity index (χ0n) is 12.6. The lowest BCUT2D eigenvalue weighted by atomic mass is 9.93. The van der Waals surface area contributed by atoms with Crippen molar-refractivity contribution in [2.75, 3.05) is 0 Å². The van der Waals surface area contributed by atoms with Crippen molar-refractivity contribution in [3.05, 3.63) is 52.1 Å². The molecule has 1 N–H and O–H groups in total. The smallest absolute Gasteiger partial charge is 0.113 e. The van der Waals surface area contributed by atoms with E-state index in [9.17, 15) is 5.11 Å². The Morgan fingerprint density at radius 1 is 1.24 bits per heavy atom. The number of fused-ring (bicyclic) bond motifs is 1. The highest BCUT2D eigenvalue weighted by atomic mass is 32.1. The Morgan fingerprint density at radius 3 is 2.67 bits per heavy atom. The van der Waals surface area contributed by atoms with E-state index in [1.54, 1.807) is 11.3 Å². The van der Waals surface area contributed by atoms with E-state index < -0.39 is 0 Å². The maximum atomic E-state index is 9.50. The minimum Gasteiger partial charge on any atom is -0.392 e. The van der Waals surface area contributed by atoms with Crippen molar-refractivity contribution >= 4 is 22.2 Å². The Morgan fingerprint density at radius 2 is 2.00 bits per heavy atom. The van der Waals surface area contributed by atoms with Gasteiger partial charge in [-0.1, -0.05) is 39.0 Å². The van der Waals surface area contributed by atoms with Gasteiger partial charge >= 0.3 is 0 Å². The van der Waals surface area contributed by atoms with E-state index in [0.717, 1.165) is 33.7 Å². The molecular formula is C17H20N2OS. The fourth-order valence-corrected chi connectivity index (χ4v) is 3.47. The number of nitrogens with zero attached hydrogens (tertiary/aromatic N) is 2. The average molecular weight is 300 g/mol. The summed E-state index contributed by atoms with van der Waals surface area (Å²) in [5.41, 5.74) is 3.35. The topological polar surface area (TPSA) is 38.0 Å². The van der Waals surface area contributed by atoms with Crippen LogP contribution in [0.5, 0.6) is 0 Å². The zero-order valence-corrected chi connectivity index (χ0v) is 13.4. The Labute approximate surface area is 128 Å². The number of benzene rings is 1. The minimum absolute atomic E-state index is 0.0681. The van der Waals surface area contributed by atoms with E-state index >= 15 is 0 Å². The fraction of sp³-hybridized carbons (Fsp3) is 0.353. The molecule has 0 aliphatic rings. The van der Waals surface area contributed by atoms with Crippen molar-refractivity contribution in [1.82, 2.24) is 9.55 Å². The van der Waals surface area contributed by atoms with E-state index in [2.05, 4.69) is 42.9 Å². The van der Waals surface area contributed by atoms with Gasteiger partial charge in [-0.15, -0.1) is 11.3 Å². The van der Waals surface area contributed by atoms with E-state index in [4.69, 9.17) is 4.98 Å². The molecule has 3 rings (SSSR count). The molecule has 4 heteroatoms. The van der Waals surface area contributed by atoms with Gasteiger partial charge in [0.05, 0.1) is 18.8 Å². The molecule has 2 heterocycles. The van der Waals surface area contributed by atoms with Gasteiger partial charge in [0.2, 0.25) is 0 Å². The summed E-state index contributed by atoms with van der Waals surface area (Å²) in [7, 11) is 0. The maximum absolute atomic E-state index is 9.50. The monoisotopic (exact) mass is 300 g/mol. The van der Waals surface area contributed by atoms with E-state index in [0.29, 0.717) is 0 Å². The van der Waals surface area contributed by atoms with Crippen LogP contribution in [-0.2, 0) is 18.6 Å². The highest BCUT2D eigenvalue weighted by molar-refractivity contribution is 7.09. The first-order chi connectivity index (χ1) is 9.99. The lowest BCUT2D eigenvalue weighted by molar-refractivity contribution is 0.283. The van der Waals surface area contributed by atoms with Crippen molar-refractivity contribution in [2.24, 2.45) is 0 Å². The van der Waals surface area contributed by atoms with Gasteiger partial charge in [0.15, 0.2) is 0 Å². The summed E-state index contributed by atoms with van der Waals surface area (Å²) >= 11 is 1.70. The van der Waals surface area contributed by atoms with Crippen LogP contribution in [0, 0.1) is 0 Å². The average Bonchev–Trinajstić information content (AvgIpc) is 3.04. The number of aliphatic hydroxyl groups excluding tert-OH is 1. The molecule has 0 aliphatic heterocycles. The van der Waals surface area contributed by atoms with Crippen molar-refractivity contribution in [1.29, 1.82) is 0 Å². The van der Waals surface area contributed by atoms with Crippen LogP contribution < -0.4 is 0 Å². The molecule has 0 bridgehead atoms. The Balaban J connectivity index is 1.97. The number of aliphatic hydroxyl groups is 1. The lowest BCUT2D eigenvalue weighted by Gasteiger charge is -2.14. The SMILES string of the molecule is CC(C)(C)c1csc(Cn2cc(CO)c3ccccc32)n1. The normalized spacial score (nSPS) is 12.2. The molecule has 1 aromatic carbocycles. The van der Waals surface area contributed by atoms with Gasteiger partial charge in [0.1, 0.15) is 5.01 Å². The fourth-order valence-electron chi connectivity index (χ4n) is 2.45. The third-order valence-corrected chi connectivity index (χ3v) is 4.50.